The van der Waals surface area contributed by atoms with Crippen LogP contribution in [-0.4, -0.2) is 12.1 Å². The highest BCUT2D eigenvalue weighted by atomic mass is 16.5. The molecule has 1 aromatic carbocycles. The normalized spacial score (nSPS) is 25.8. The van der Waals surface area contributed by atoms with Crippen molar-refractivity contribution < 1.29 is 9.53 Å². The Kier molecular flexibility index (Phi) is 10.4. The van der Waals surface area contributed by atoms with Crippen LogP contribution in [-0.2, 0) is 11.2 Å². The lowest BCUT2D eigenvalue weighted by molar-refractivity contribution is 0.0188. The molecular weight excluding hydrogens is 392 g/mol. The monoisotopic (exact) mass is 434 g/mol. The highest BCUT2D eigenvalue weighted by Crippen LogP contribution is 2.31. The lowest BCUT2D eigenvalue weighted by Crippen LogP contribution is -2.24. The minimum atomic E-state index is -0.180. The summed E-state index contributed by atoms with van der Waals surface area (Å²) < 4.78 is 5.79. The number of benzene rings is 1. The van der Waals surface area contributed by atoms with Crippen molar-refractivity contribution in [3.05, 3.63) is 47.5 Å². The molecular formula is C30H42O2. The van der Waals surface area contributed by atoms with Crippen LogP contribution in [0.2, 0.25) is 0 Å². The Morgan fingerprint density at radius 1 is 0.969 bits per heavy atom. The molecule has 2 saturated carbocycles. The van der Waals surface area contributed by atoms with Gasteiger partial charge in [-0.2, -0.15) is 0 Å². The predicted octanol–water partition coefficient (Wildman–Crippen LogP) is 7.91. The average Bonchev–Trinajstić information content (AvgIpc) is 2.84. The van der Waals surface area contributed by atoms with E-state index in [2.05, 4.69) is 50.0 Å². The molecule has 2 fully saturated rings. The molecule has 174 valence electrons. The van der Waals surface area contributed by atoms with Gasteiger partial charge in [-0.25, -0.2) is 4.79 Å². The standard InChI is InChI=1S/C30H42O2/c1-3-5-6-9-26-16-20-28(21-17-26)30(31)32-29-22-18-27(19-23-29)11-8-7-10-25-14-12-24(4-2)13-15-25/h7,10,16-17,20-21,24-25,27,29H,3-6,9,12-15,18-19,22-23H2,1-2H3/t24-,25-,27-,29-. The topological polar surface area (TPSA) is 26.3 Å². The molecule has 2 nitrogen and oxygen atoms in total. The second kappa shape index (κ2) is 13.5. The summed E-state index contributed by atoms with van der Waals surface area (Å²) in [6.45, 7) is 4.53. The van der Waals surface area contributed by atoms with E-state index in [0.29, 0.717) is 11.5 Å². The van der Waals surface area contributed by atoms with E-state index in [0.717, 1.165) is 43.9 Å². The number of hydrogen-bond donors (Lipinski definition) is 0. The molecule has 2 aliphatic carbocycles. The van der Waals surface area contributed by atoms with Gasteiger partial charge in [-0.1, -0.05) is 63.2 Å². The lowest BCUT2D eigenvalue weighted by Gasteiger charge is -2.25. The van der Waals surface area contributed by atoms with Crippen LogP contribution in [0.4, 0.5) is 0 Å². The fourth-order valence-corrected chi connectivity index (χ4v) is 5.07. The van der Waals surface area contributed by atoms with Crippen LogP contribution in [0.5, 0.6) is 0 Å². The lowest BCUT2D eigenvalue weighted by atomic mass is 9.81. The largest absolute Gasteiger partial charge is 0.459 e. The molecule has 2 heteroatoms. The summed E-state index contributed by atoms with van der Waals surface area (Å²) in [4.78, 5) is 12.5. The van der Waals surface area contributed by atoms with E-state index < -0.39 is 0 Å². The van der Waals surface area contributed by atoms with Crippen LogP contribution >= 0.6 is 0 Å². The van der Waals surface area contributed by atoms with Crippen LogP contribution in [0.15, 0.2) is 36.4 Å². The summed E-state index contributed by atoms with van der Waals surface area (Å²) in [5.74, 6) is 8.67. The first-order valence-corrected chi connectivity index (χ1v) is 13.2. The fraction of sp³-hybridized carbons (Fsp3) is 0.633. The van der Waals surface area contributed by atoms with Crippen molar-refractivity contribution >= 4 is 5.97 Å². The molecule has 0 saturated heterocycles. The molecule has 0 radical (unpaired) electrons. The van der Waals surface area contributed by atoms with Gasteiger partial charge in [0, 0.05) is 5.92 Å². The van der Waals surface area contributed by atoms with Crippen molar-refractivity contribution in [1.82, 2.24) is 0 Å². The molecule has 0 atom stereocenters. The summed E-state index contributed by atoms with van der Waals surface area (Å²) in [5, 5.41) is 0. The number of carbonyl (C=O) groups is 1. The van der Waals surface area contributed by atoms with Crippen molar-refractivity contribution in [2.45, 2.75) is 103 Å². The van der Waals surface area contributed by atoms with E-state index in [1.807, 2.05) is 12.1 Å². The third kappa shape index (κ3) is 8.16. The highest BCUT2D eigenvalue weighted by Gasteiger charge is 2.23. The van der Waals surface area contributed by atoms with Gasteiger partial charge in [0.2, 0.25) is 0 Å². The maximum absolute atomic E-state index is 12.5. The molecule has 0 bridgehead atoms. The van der Waals surface area contributed by atoms with Crippen molar-refractivity contribution in [2.24, 2.45) is 17.8 Å². The molecule has 0 aliphatic heterocycles. The number of allylic oxidation sites excluding steroid dienone is 2. The SMILES string of the molecule is CCCCCc1ccc(C(=O)O[C@H]2CC[C@H](C#CC=C[C@H]3CC[C@H](CC)CC3)CC2)cc1. The Labute approximate surface area is 196 Å². The summed E-state index contributed by atoms with van der Waals surface area (Å²) >= 11 is 0. The Hall–Kier alpha value is -2.01. The molecule has 0 N–H and O–H groups in total. The van der Waals surface area contributed by atoms with Gasteiger partial charge in [0.05, 0.1) is 5.56 Å². The summed E-state index contributed by atoms with van der Waals surface area (Å²) in [5.41, 5.74) is 1.97. The van der Waals surface area contributed by atoms with Gasteiger partial charge in [-0.05, 0) is 99.8 Å². The Balaban J connectivity index is 1.35. The Morgan fingerprint density at radius 3 is 2.34 bits per heavy atom. The number of carbonyl (C=O) groups excluding carboxylic acids is 1. The van der Waals surface area contributed by atoms with Gasteiger partial charge in [-0.3, -0.25) is 0 Å². The number of ether oxygens (including phenoxy) is 1. The number of hydrogen-bond acceptors (Lipinski definition) is 2. The van der Waals surface area contributed by atoms with Crippen molar-refractivity contribution in [1.29, 1.82) is 0 Å². The maximum atomic E-state index is 12.5. The number of aryl methyl sites for hydroxylation is 1. The van der Waals surface area contributed by atoms with Gasteiger partial charge in [-0.15, -0.1) is 0 Å². The minimum Gasteiger partial charge on any atom is -0.459 e. The molecule has 0 aromatic heterocycles. The van der Waals surface area contributed by atoms with Gasteiger partial charge in [0.25, 0.3) is 0 Å². The first kappa shape index (κ1) is 24.6. The van der Waals surface area contributed by atoms with E-state index in [9.17, 15) is 4.79 Å². The number of rotatable bonds is 8. The summed E-state index contributed by atoms with van der Waals surface area (Å²) in [7, 11) is 0. The third-order valence-electron chi connectivity index (χ3n) is 7.41. The van der Waals surface area contributed by atoms with Crippen LogP contribution in [0, 0.1) is 29.6 Å². The summed E-state index contributed by atoms with van der Waals surface area (Å²) in [6, 6.07) is 7.98. The first-order valence-electron chi connectivity index (χ1n) is 13.2. The quantitative estimate of drug-likeness (QED) is 0.236. The molecule has 1 aromatic rings. The second-order valence-electron chi connectivity index (χ2n) is 9.87. The first-order chi connectivity index (χ1) is 15.7. The van der Waals surface area contributed by atoms with Crippen LogP contribution in [0.3, 0.4) is 0 Å². The van der Waals surface area contributed by atoms with Crippen molar-refractivity contribution in [3.63, 3.8) is 0 Å². The number of esters is 1. The zero-order valence-corrected chi connectivity index (χ0v) is 20.3. The third-order valence-corrected chi connectivity index (χ3v) is 7.41. The van der Waals surface area contributed by atoms with Crippen LogP contribution < -0.4 is 0 Å². The number of unbranched alkanes of at least 4 members (excludes halogenated alkanes) is 2. The zero-order valence-electron chi connectivity index (χ0n) is 20.3. The second-order valence-corrected chi connectivity index (χ2v) is 9.87. The van der Waals surface area contributed by atoms with E-state index in [1.165, 1.54) is 56.9 Å². The molecule has 3 rings (SSSR count). The molecule has 0 amide bonds. The average molecular weight is 435 g/mol. The van der Waals surface area contributed by atoms with Gasteiger partial charge in [0.15, 0.2) is 0 Å². The highest BCUT2D eigenvalue weighted by molar-refractivity contribution is 5.89. The van der Waals surface area contributed by atoms with E-state index >= 15 is 0 Å². The maximum Gasteiger partial charge on any atom is 0.338 e. The molecule has 2 aliphatic rings. The molecule has 0 spiro atoms. The van der Waals surface area contributed by atoms with E-state index in [1.54, 1.807) is 0 Å². The van der Waals surface area contributed by atoms with Crippen LogP contribution in [0.25, 0.3) is 0 Å². The fourth-order valence-electron chi connectivity index (χ4n) is 5.07. The molecule has 32 heavy (non-hydrogen) atoms. The van der Waals surface area contributed by atoms with Crippen molar-refractivity contribution in [2.75, 3.05) is 0 Å². The van der Waals surface area contributed by atoms with Crippen molar-refractivity contribution in [3.8, 4) is 11.8 Å². The summed E-state index contributed by atoms with van der Waals surface area (Å²) in [6.07, 6.45) is 19.9. The minimum absolute atomic E-state index is 0.0362. The Bertz CT molecular complexity index is 763. The van der Waals surface area contributed by atoms with Gasteiger partial charge in [0.1, 0.15) is 6.10 Å². The van der Waals surface area contributed by atoms with Gasteiger partial charge >= 0.3 is 5.97 Å². The Morgan fingerprint density at radius 2 is 1.69 bits per heavy atom. The molecule has 0 unspecified atom stereocenters. The van der Waals surface area contributed by atoms with Gasteiger partial charge < -0.3 is 4.74 Å². The zero-order chi connectivity index (χ0) is 22.6. The van der Waals surface area contributed by atoms with Crippen LogP contribution in [0.1, 0.15) is 107 Å². The smallest absolute Gasteiger partial charge is 0.338 e. The van der Waals surface area contributed by atoms with E-state index in [4.69, 9.17) is 4.74 Å². The molecule has 0 heterocycles. The predicted molar refractivity (Wildman–Crippen MR) is 133 cm³/mol. The van der Waals surface area contributed by atoms with E-state index in [-0.39, 0.29) is 12.1 Å².